The van der Waals surface area contributed by atoms with E-state index in [0.717, 1.165) is 12.2 Å². The van der Waals surface area contributed by atoms with Gasteiger partial charge in [0.1, 0.15) is 0 Å². The summed E-state index contributed by atoms with van der Waals surface area (Å²) in [4.78, 5) is 14.1. The van der Waals surface area contributed by atoms with Crippen molar-refractivity contribution in [2.75, 3.05) is 24.3 Å². The van der Waals surface area contributed by atoms with Gasteiger partial charge in [-0.3, -0.25) is 0 Å². The van der Waals surface area contributed by atoms with Crippen molar-refractivity contribution < 1.29 is 9.53 Å². The van der Waals surface area contributed by atoms with E-state index in [2.05, 4.69) is 11.8 Å². The number of nitrogens with zero attached hydrogens (tertiary/aromatic N) is 1. The van der Waals surface area contributed by atoms with Crippen molar-refractivity contribution >= 4 is 17.3 Å². The average molecular weight is 276 g/mol. The molecule has 0 amide bonds. The molecule has 1 saturated carbocycles. The number of hydrogen-bond acceptors (Lipinski definition) is 4. The summed E-state index contributed by atoms with van der Waals surface area (Å²) in [6.07, 6.45) is 6.28. The topological polar surface area (TPSA) is 55.6 Å². The number of methoxy groups -OCH3 is 1. The highest BCUT2D eigenvalue weighted by Crippen LogP contribution is 2.32. The van der Waals surface area contributed by atoms with E-state index in [9.17, 15) is 4.79 Å². The predicted molar refractivity (Wildman–Crippen MR) is 82.1 cm³/mol. The second-order valence-corrected chi connectivity index (χ2v) is 5.31. The molecule has 1 aliphatic carbocycles. The van der Waals surface area contributed by atoms with Gasteiger partial charge in [0.15, 0.2) is 0 Å². The first-order valence-electron chi connectivity index (χ1n) is 7.42. The van der Waals surface area contributed by atoms with Crippen LogP contribution in [0.25, 0.3) is 0 Å². The molecule has 4 nitrogen and oxygen atoms in total. The van der Waals surface area contributed by atoms with Gasteiger partial charge in [-0.05, 0) is 31.9 Å². The number of benzene rings is 1. The molecule has 1 aromatic rings. The van der Waals surface area contributed by atoms with Gasteiger partial charge in [0, 0.05) is 12.6 Å². The lowest BCUT2D eigenvalue weighted by atomic mass is 9.93. The standard InChI is InChI=1S/C16H24N2O2/c1-3-18(12-8-5-4-6-9-12)14-11-7-10-13(15(14)17)16(19)20-2/h7,10-12H,3-6,8-9,17H2,1-2H3. The lowest BCUT2D eigenvalue weighted by Gasteiger charge is -2.36. The van der Waals surface area contributed by atoms with E-state index in [0.29, 0.717) is 17.3 Å². The van der Waals surface area contributed by atoms with E-state index in [-0.39, 0.29) is 5.97 Å². The molecule has 20 heavy (non-hydrogen) atoms. The number of ether oxygens (including phenoxy) is 1. The Balaban J connectivity index is 2.31. The van der Waals surface area contributed by atoms with Crippen molar-refractivity contribution in [2.24, 2.45) is 0 Å². The fraction of sp³-hybridized carbons (Fsp3) is 0.562. The van der Waals surface area contributed by atoms with Crippen LogP contribution in [0, 0.1) is 0 Å². The van der Waals surface area contributed by atoms with Gasteiger partial charge in [0.05, 0.1) is 24.0 Å². The fourth-order valence-electron chi connectivity index (χ4n) is 3.11. The van der Waals surface area contributed by atoms with E-state index in [1.165, 1.54) is 39.2 Å². The summed E-state index contributed by atoms with van der Waals surface area (Å²) in [5, 5.41) is 0. The van der Waals surface area contributed by atoms with Crippen LogP contribution in [0.4, 0.5) is 11.4 Å². The van der Waals surface area contributed by atoms with Gasteiger partial charge in [-0.2, -0.15) is 0 Å². The molecule has 0 saturated heterocycles. The van der Waals surface area contributed by atoms with Crippen LogP contribution in [0.1, 0.15) is 49.4 Å². The Labute approximate surface area is 120 Å². The zero-order valence-corrected chi connectivity index (χ0v) is 12.4. The molecule has 110 valence electrons. The van der Waals surface area contributed by atoms with Gasteiger partial charge in [-0.1, -0.05) is 25.3 Å². The summed E-state index contributed by atoms with van der Waals surface area (Å²) < 4.78 is 4.79. The van der Waals surface area contributed by atoms with Crippen LogP contribution in [0.3, 0.4) is 0 Å². The summed E-state index contributed by atoms with van der Waals surface area (Å²) in [7, 11) is 1.38. The predicted octanol–water partition coefficient (Wildman–Crippen LogP) is 3.21. The Kier molecular flexibility index (Phi) is 4.88. The zero-order valence-electron chi connectivity index (χ0n) is 12.4. The number of para-hydroxylation sites is 1. The van der Waals surface area contributed by atoms with Crippen molar-refractivity contribution in [3.63, 3.8) is 0 Å². The molecule has 2 rings (SSSR count). The Bertz CT molecular complexity index is 468. The van der Waals surface area contributed by atoms with Gasteiger partial charge >= 0.3 is 5.97 Å². The highest BCUT2D eigenvalue weighted by atomic mass is 16.5. The minimum atomic E-state index is -0.371. The molecule has 0 bridgehead atoms. The van der Waals surface area contributed by atoms with E-state index in [1.54, 1.807) is 6.07 Å². The third kappa shape index (κ3) is 2.89. The van der Waals surface area contributed by atoms with Crippen LogP contribution in [-0.2, 0) is 4.74 Å². The minimum Gasteiger partial charge on any atom is -0.465 e. The third-order valence-electron chi connectivity index (χ3n) is 4.15. The van der Waals surface area contributed by atoms with Gasteiger partial charge < -0.3 is 15.4 Å². The quantitative estimate of drug-likeness (QED) is 0.677. The first-order valence-corrected chi connectivity index (χ1v) is 7.42. The first-order chi connectivity index (χ1) is 9.69. The summed E-state index contributed by atoms with van der Waals surface area (Å²) in [6.45, 7) is 3.04. The zero-order chi connectivity index (χ0) is 14.5. The molecule has 0 aliphatic heterocycles. The summed E-state index contributed by atoms with van der Waals surface area (Å²) in [5.41, 5.74) is 8.15. The lowest BCUT2D eigenvalue weighted by molar-refractivity contribution is 0.0602. The number of nitrogen functional groups attached to an aromatic ring is 1. The van der Waals surface area contributed by atoms with E-state index >= 15 is 0 Å². The summed E-state index contributed by atoms with van der Waals surface area (Å²) >= 11 is 0. The molecular weight excluding hydrogens is 252 g/mol. The van der Waals surface area contributed by atoms with Crippen LogP contribution in [0.2, 0.25) is 0 Å². The molecule has 1 fully saturated rings. The van der Waals surface area contributed by atoms with Crippen LogP contribution >= 0.6 is 0 Å². The smallest absolute Gasteiger partial charge is 0.340 e. The molecule has 0 spiro atoms. The van der Waals surface area contributed by atoms with Crippen molar-refractivity contribution in [3.05, 3.63) is 23.8 Å². The molecule has 2 N–H and O–H groups in total. The first kappa shape index (κ1) is 14.7. The maximum absolute atomic E-state index is 11.8. The Morgan fingerprint density at radius 1 is 1.35 bits per heavy atom. The van der Waals surface area contributed by atoms with Crippen molar-refractivity contribution in [1.29, 1.82) is 0 Å². The van der Waals surface area contributed by atoms with Gasteiger partial charge in [-0.25, -0.2) is 4.79 Å². The maximum atomic E-state index is 11.8. The molecule has 0 aromatic heterocycles. The molecule has 0 unspecified atom stereocenters. The Hall–Kier alpha value is -1.71. The molecule has 0 atom stereocenters. The minimum absolute atomic E-state index is 0.371. The van der Waals surface area contributed by atoms with Crippen LogP contribution in [0.5, 0.6) is 0 Å². The number of carbonyl (C=O) groups excluding carboxylic acids is 1. The van der Waals surface area contributed by atoms with E-state index in [4.69, 9.17) is 10.5 Å². The van der Waals surface area contributed by atoms with Crippen molar-refractivity contribution in [1.82, 2.24) is 0 Å². The summed E-state index contributed by atoms with van der Waals surface area (Å²) in [6, 6.07) is 6.13. The number of nitrogens with two attached hydrogens (primary N) is 1. The van der Waals surface area contributed by atoms with Gasteiger partial charge in [0.2, 0.25) is 0 Å². The molecule has 0 radical (unpaired) electrons. The number of esters is 1. The monoisotopic (exact) mass is 276 g/mol. The lowest BCUT2D eigenvalue weighted by Crippen LogP contribution is -2.37. The Morgan fingerprint density at radius 3 is 2.65 bits per heavy atom. The van der Waals surface area contributed by atoms with Crippen LogP contribution < -0.4 is 10.6 Å². The largest absolute Gasteiger partial charge is 0.465 e. The SMILES string of the molecule is CCN(c1cccc(C(=O)OC)c1N)C1CCCCC1. The van der Waals surface area contributed by atoms with Gasteiger partial charge in [0.25, 0.3) is 0 Å². The second-order valence-electron chi connectivity index (χ2n) is 5.31. The summed E-state index contributed by atoms with van der Waals surface area (Å²) in [5.74, 6) is -0.371. The highest BCUT2D eigenvalue weighted by Gasteiger charge is 2.23. The third-order valence-corrected chi connectivity index (χ3v) is 4.15. The van der Waals surface area contributed by atoms with Crippen LogP contribution in [0.15, 0.2) is 18.2 Å². The van der Waals surface area contributed by atoms with E-state index in [1.807, 2.05) is 12.1 Å². The number of anilines is 2. The second kappa shape index (κ2) is 6.64. The highest BCUT2D eigenvalue weighted by molar-refractivity contribution is 5.98. The number of rotatable bonds is 4. The number of carbonyl (C=O) groups is 1. The maximum Gasteiger partial charge on any atom is 0.340 e. The molecule has 4 heteroatoms. The fourth-order valence-corrected chi connectivity index (χ4v) is 3.11. The Morgan fingerprint density at radius 2 is 2.05 bits per heavy atom. The van der Waals surface area contributed by atoms with E-state index < -0.39 is 0 Å². The average Bonchev–Trinajstić information content (AvgIpc) is 2.50. The normalized spacial score (nSPS) is 15.9. The van der Waals surface area contributed by atoms with Crippen LogP contribution in [-0.4, -0.2) is 25.7 Å². The van der Waals surface area contributed by atoms with Crippen molar-refractivity contribution in [2.45, 2.75) is 45.1 Å². The van der Waals surface area contributed by atoms with Crippen molar-refractivity contribution in [3.8, 4) is 0 Å². The molecule has 1 aliphatic rings. The molecule has 1 aromatic carbocycles. The number of hydrogen-bond donors (Lipinski definition) is 1. The molecule has 0 heterocycles. The van der Waals surface area contributed by atoms with Gasteiger partial charge in [-0.15, -0.1) is 0 Å². The molecular formula is C16H24N2O2.